The van der Waals surface area contributed by atoms with E-state index in [0.717, 1.165) is 16.0 Å². The van der Waals surface area contributed by atoms with Crippen LogP contribution in [0.2, 0.25) is 0 Å². The Labute approximate surface area is 134 Å². The highest BCUT2D eigenvalue weighted by molar-refractivity contribution is 7.93. The van der Waals surface area contributed by atoms with Crippen LogP contribution in [0.3, 0.4) is 0 Å². The zero-order valence-electron chi connectivity index (χ0n) is 12.0. The molecule has 5 heteroatoms. The SMILES string of the molecule is Cc1cc(NS(=O)(=O)c2ccccc2)sc1-c1ccccc1. The second-order valence-corrected chi connectivity index (χ2v) is 7.64. The van der Waals surface area contributed by atoms with E-state index in [9.17, 15) is 8.42 Å². The van der Waals surface area contributed by atoms with Crippen molar-refractivity contribution in [2.75, 3.05) is 4.72 Å². The van der Waals surface area contributed by atoms with Gasteiger partial charge in [-0.3, -0.25) is 4.72 Å². The molecule has 0 aliphatic carbocycles. The molecule has 1 N–H and O–H groups in total. The minimum absolute atomic E-state index is 0.266. The first-order valence-electron chi connectivity index (χ1n) is 6.80. The topological polar surface area (TPSA) is 46.2 Å². The summed E-state index contributed by atoms with van der Waals surface area (Å²) in [6, 6.07) is 20.2. The van der Waals surface area contributed by atoms with Gasteiger partial charge in [0.1, 0.15) is 5.00 Å². The Morgan fingerprint density at radius 1 is 0.909 bits per heavy atom. The van der Waals surface area contributed by atoms with Crippen LogP contribution in [0, 0.1) is 6.92 Å². The standard InChI is InChI=1S/C17H15NO2S2/c1-13-12-16(21-17(13)14-8-4-2-5-9-14)18-22(19,20)15-10-6-3-7-11-15/h2-12,18H,1H3. The Morgan fingerprint density at radius 2 is 1.50 bits per heavy atom. The maximum absolute atomic E-state index is 12.4. The molecule has 0 unspecified atom stereocenters. The summed E-state index contributed by atoms with van der Waals surface area (Å²) >= 11 is 1.44. The van der Waals surface area contributed by atoms with E-state index >= 15 is 0 Å². The van der Waals surface area contributed by atoms with Gasteiger partial charge in [0.2, 0.25) is 0 Å². The van der Waals surface area contributed by atoms with Gasteiger partial charge in [-0.05, 0) is 36.2 Å². The van der Waals surface area contributed by atoms with Crippen LogP contribution >= 0.6 is 11.3 Å². The van der Waals surface area contributed by atoms with Crippen LogP contribution in [0.5, 0.6) is 0 Å². The van der Waals surface area contributed by atoms with Crippen molar-refractivity contribution in [2.24, 2.45) is 0 Å². The van der Waals surface area contributed by atoms with Crippen molar-refractivity contribution in [3.05, 3.63) is 72.3 Å². The summed E-state index contributed by atoms with van der Waals surface area (Å²) in [7, 11) is -3.54. The molecule has 3 aromatic rings. The average molecular weight is 329 g/mol. The smallest absolute Gasteiger partial charge is 0.262 e. The number of nitrogens with one attached hydrogen (secondary N) is 1. The van der Waals surface area contributed by atoms with E-state index in [1.165, 1.54) is 11.3 Å². The molecule has 3 rings (SSSR count). The quantitative estimate of drug-likeness (QED) is 0.764. The highest BCUT2D eigenvalue weighted by Crippen LogP contribution is 2.36. The van der Waals surface area contributed by atoms with Crippen LogP contribution in [0.1, 0.15) is 5.56 Å². The molecule has 2 aromatic carbocycles. The van der Waals surface area contributed by atoms with E-state index in [1.807, 2.05) is 43.3 Å². The summed E-state index contributed by atoms with van der Waals surface area (Å²) < 4.78 is 27.4. The van der Waals surface area contributed by atoms with Gasteiger partial charge in [0.15, 0.2) is 0 Å². The number of benzene rings is 2. The molecule has 0 radical (unpaired) electrons. The number of sulfonamides is 1. The van der Waals surface area contributed by atoms with Gasteiger partial charge in [-0.15, -0.1) is 11.3 Å². The summed E-state index contributed by atoms with van der Waals surface area (Å²) in [5.74, 6) is 0. The Kier molecular flexibility index (Phi) is 4.00. The lowest BCUT2D eigenvalue weighted by Gasteiger charge is -2.05. The molecule has 1 aromatic heterocycles. The molecule has 0 saturated carbocycles. The van der Waals surface area contributed by atoms with E-state index in [2.05, 4.69) is 4.72 Å². The summed E-state index contributed by atoms with van der Waals surface area (Å²) in [5, 5.41) is 0.625. The molecule has 0 saturated heterocycles. The van der Waals surface area contributed by atoms with Gasteiger partial charge in [0.05, 0.1) is 4.90 Å². The van der Waals surface area contributed by atoms with Crippen molar-refractivity contribution in [3.8, 4) is 10.4 Å². The fourth-order valence-corrected chi connectivity index (χ4v) is 4.58. The fraction of sp³-hybridized carbons (Fsp3) is 0.0588. The Hall–Kier alpha value is -2.11. The number of rotatable bonds is 4. The normalized spacial score (nSPS) is 11.3. The molecule has 0 aliphatic heterocycles. The third-order valence-corrected chi connectivity index (χ3v) is 5.95. The van der Waals surface area contributed by atoms with Gasteiger partial charge in [0.25, 0.3) is 10.0 Å². The molecular weight excluding hydrogens is 314 g/mol. The lowest BCUT2D eigenvalue weighted by molar-refractivity contribution is 0.601. The van der Waals surface area contributed by atoms with E-state index in [-0.39, 0.29) is 4.90 Å². The van der Waals surface area contributed by atoms with Crippen molar-refractivity contribution in [2.45, 2.75) is 11.8 Å². The van der Waals surface area contributed by atoms with Crippen molar-refractivity contribution in [1.82, 2.24) is 0 Å². The molecule has 0 bridgehead atoms. The fourth-order valence-electron chi connectivity index (χ4n) is 2.20. The van der Waals surface area contributed by atoms with Gasteiger partial charge < -0.3 is 0 Å². The van der Waals surface area contributed by atoms with E-state index in [1.54, 1.807) is 30.3 Å². The Balaban J connectivity index is 1.92. The number of hydrogen-bond donors (Lipinski definition) is 1. The summed E-state index contributed by atoms with van der Waals surface area (Å²) in [4.78, 5) is 1.34. The summed E-state index contributed by atoms with van der Waals surface area (Å²) in [6.45, 7) is 1.99. The number of hydrogen-bond acceptors (Lipinski definition) is 3. The minimum Gasteiger partial charge on any atom is -0.270 e. The average Bonchev–Trinajstić information content (AvgIpc) is 2.89. The first-order valence-corrected chi connectivity index (χ1v) is 9.10. The third kappa shape index (κ3) is 3.05. The van der Waals surface area contributed by atoms with E-state index in [4.69, 9.17) is 0 Å². The highest BCUT2D eigenvalue weighted by atomic mass is 32.2. The van der Waals surface area contributed by atoms with Crippen LogP contribution in [0.25, 0.3) is 10.4 Å². The van der Waals surface area contributed by atoms with Crippen LogP contribution < -0.4 is 4.72 Å². The predicted molar refractivity (Wildman–Crippen MR) is 91.7 cm³/mol. The molecule has 3 nitrogen and oxygen atoms in total. The van der Waals surface area contributed by atoms with Crippen LogP contribution in [-0.4, -0.2) is 8.42 Å². The zero-order valence-corrected chi connectivity index (χ0v) is 13.6. The monoisotopic (exact) mass is 329 g/mol. The van der Waals surface area contributed by atoms with E-state index < -0.39 is 10.0 Å². The largest absolute Gasteiger partial charge is 0.270 e. The maximum Gasteiger partial charge on any atom is 0.262 e. The van der Waals surface area contributed by atoms with Crippen molar-refractivity contribution in [1.29, 1.82) is 0 Å². The van der Waals surface area contributed by atoms with Gasteiger partial charge in [-0.25, -0.2) is 8.42 Å². The van der Waals surface area contributed by atoms with E-state index in [0.29, 0.717) is 5.00 Å². The van der Waals surface area contributed by atoms with Crippen molar-refractivity contribution in [3.63, 3.8) is 0 Å². The van der Waals surface area contributed by atoms with Crippen LogP contribution in [0.15, 0.2) is 71.6 Å². The second kappa shape index (κ2) is 5.94. The molecule has 112 valence electrons. The van der Waals surface area contributed by atoms with Gasteiger partial charge >= 0.3 is 0 Å². The lowest BCUT2D eigenvalue weighted by atomic mass is 10.1. The second-order valence-electron chi connectivity index (χ2n) is 4.91. The first-order chi connectivity index (χ1) is 10.6. The van der Waals surface area contributed by atoms with Gasteiger partial charge in [0, 0.05) is 4.88 Å². The lowest BCUT2D eigenvalue weighted by Crippen LogP contribution is -2.11. The molecule has 0 fully saturated rings. The summed E-state index contributed by atoms with van der Waals surface area (Å²) in [5.41, 5.74) is 2.15. The Bertz CT molecular complexity index is 870. The number of aryl methyl sites for hydroxylation is 1. The predicted octanol–water partition coefficient (Wildman–Crippen LogP) is 4.52. The molecule has 0 amide bonds. The number of anilines is 1. The summed E-state index contributed by atoms with van der Waals surface area (Å²) in [6.07, 6.45) is 0. The number of thiophene rings is 1. The van der Waals surface area contributed by atoms with Gasteiger partial charge in [-0.2, -0.15) is 0 Å². The molecule has 22 heavy (non-hydrogen) atoms. The van der Waals surface area contributed by atoms with Gasteiger partial charge in [-0.1, -0.05) is 48.5 Å². The zero-order chi connectivity index (χ0) is 15.6. The maximum atomic E-state index is 12.4. The highest BCUT2D eigenvalue weighted by Gasteiger charge is 2.16. The molecular formula is C17H15NO2S2. The van der Waals surface area contributed by atoms with Crippen LogP contribution in [-0.2, 0) is 10.0 Å². The first kappa shape index (κ1) is 14.8. The third-order valence-electron chi connectivity index (χ3n) is 3.24. The minimum atomic E-state index is -3.54. The Morgan fingerprint density at radius 3 is 2.14 bits per heavy atom. The molecule has 0 atom stereocenters. The van der Waals surface area contributed by atoms with Crippen molar-refractivity contribution >= 4 is 26.4 Å². The molecule has 0 spiro atoms. The molecule has 0 aliphatic rings. The van der Waals surface area contributed by atoms with Crippen molar-refractivity contribution < 1.29 is 8.42 Å². The molecule has 1 heterocycles. The van der Waals surface area contributed by atoms with Crippen LogP contribution in [0.4, 0.5) is 5.00 Å².